The number of nitrogens with zero attached hydrogens (tertiary/aromatic N) is 2. The Morgan fingerprint density at radius 2 is 2.05 bits per heavy atom. The van der Waals surface area contributed by atoms with E-state index in [0.717, 1.165) is 0 Å². The molecule has 1 amide bonds. The Kier molecular flexibility index (Phi) is 3.14. The Labute approximate surface area is 127 Å². The van der Waals surface area contributed by atoms with Gasteiger partial charge in [-0.1, -0.05) is 20.8 Å². The first-order valence-electron chi connectivity index (χ1n) is 7.11. The van der Waals surface area contributed by atoms with E-state index in [1.54, 1.807) is 4.90 Å². The molecule has 1 fully saturated rings. The van der Waals surface area contributed by atoms with Gasteiger partial charge in [-0.25, -0.2) is 0 Å². The molecule has 1 saturated heterocycles. The lowest BCUT2D eigenvalue weighted by atomic mass is 9.86. The third kappa shape index (κ3) is 1.96. The van der Waals surface area contributed by atoms with E-state index >= 15 is 0 Å². The van der Waals surface area contributed by atoms with Gasteiger partial charge in [-0.05, 0) is 5.41 Å². The quantitative estimate of drug-likeness (QED) is 0.767. The molecular formula is C15H18N2O5. The molecule has 7 heteroatoms. The van der Waals surface area contributed by atoms with Gasteiger partial charge >= 0.3 is 0 Å². The van der Waals surface area contributed by atoms with Crippen LogP contribution in [0.1, 0.15) is 41.6 Å². The highest BCUT2D eigenvalue weighted by atomic mass is 16.5. The van der Waals surface area contributed by atoms with E-state index in [1.165, 1.54) is 10.8 Å². The number of hydrogen-bond acceptors (Lipinski definition) is 5. The summed E-state index contributed by atoms with van der Waals surface area (Å²) >= 11 is 0. The van der Waals surface area contributed by atoms with E-state index in [2.05, 4.69) is 0 Å². The molecule has 0 aliphatic carbocycles. The highest BCUT2D eigenvalue weighted by molar-refractivity contribution is 5.97. The third-order valence-electron chi connectivity index (χ3n) is 4.29. The summed E-state index contributed by atoms with van der Waals surface area (Å²) < 4.78 is 7.13. The SMILES string of the molecule is CC(C)(C)C1COC2Cn3cc(C=O)c(=O)c(O)c3C(=O)N21. The predicted molar refractivity (Wildman–Crippen MR) is 76.9 cm³/mol. The van der Waals surface area contributed by atoms with Gasteiger partial charge < -0.3 is 19.3 Å². The van der Waals surface area contributed by atoms with Gasteiger partial charge in [-0.2, -0.15) is 0 Å². The number of aromatic hydroxyl groups is 1. The topological polar surface area (TPSA) is 88.8 Å². The zero-order valence-corrected chi connectivity index (χ0v) is 12.7. The number of aromatic nitrogens is 1. The molecule has 0 radical (unpaired) electrons. The Morgan fingerprint density at radius 1 is 1.36 bits per heavy atom. The summed E-state index contributed by atoms with van der Waals surface area (Å²) in [5, 5.41) is 10.1. The maximum absolute atomic E-state index is 12.8. The monoisotopic (exact) mass is 306 g/mol. The van der Waals surface area contributed by atoms with Crippen molar-refractivity contribution in [3.05, 3.63) is 27.7 Å². The second-order valence-corrected chi connectivity index (χ2v) is 6.76. The average molecular weight is 306 g/mol. The summed E-state index contributed by atoms with van der Waals surface area (Å²) in [5.74, 6) is -1.12. The van der Waals surface area contributed by atoms with Gasteiger partial charge in [0.25, 0.3) is 5.91 Å². The molecule has 1 N–H and O–H groups in total. The van der Waals surface area contributed by atoms with E-state index in [4.69, 9.17) is 4.74 Å². The maximum Gasteiger partial charge on any atom is 0.276 e. The van der Waals surface area contributed by atoms with Crippen LogP contribution in [0.15, 0.2) is 11.0 Å². The Balaban J connectivity index is 2.13. The molecule has 2 atom stereocenters. The molecule has 3 rings (SSSR count). The number of fused-ring (bicyclic) bond motifs is 2. The molecule has 22 heavy (non-hydrogen) atoms. The van der Waals surface area contributed by atoms with E-state index in [-0.39, 0.29) is 29.3 Å². The minimum atomic E-state index is -0.819. The molecule has 7 nitrogen and oxygen atoms in total. The fraction of sp³-hybridized carbons (Fsp3) is 0.533. The fourth-order valence-electron chi connectivity index (χ4n) is 3.06. The highest BCUT2D eigenvalue weighted by Crippen LogP contribution is 2.36. The number of ether oxygens (including phenoxy) is 1. The van der Waals surface area contributed by atoms with Crippen molar-refractivity contribution in [2.24, 2.45) is 5.41 Å². The van der Waals surface area contributed by atoms with Crippen LogP contribution in [-0.2, 0) is 11.3 Å². The first-order valence-corrected chi connectivity index (χ1v) is 7.11. The summed E-state index contributed by atoms with van der Waals surface area (Å²) in [4.78, 5) is 37.2. The van der Waals surface area contributed by atoms with Gasteiger partial charge in [0, 0.05) is 6.20 Å². The minimum Gasteiger partial charge on any atom is -0.503 e. The highest BCUT2D eigenvalue weighted by Gasteiger charge is 2.48. The average Bonchev–Trinajstić information content (AvgIpc) is 2.86. The van der Waals surface area contributed by atoms with Gasteiger partial charge in [0.1, 0.15) is 0 Å². The molecule has 118 valence electrons. The number of hydrogen-bond donors (Lipinski definition) is 1. The van der Waals surface area contributed by atoms with E-state index in [0.29, 0.717) is 12.9 Å². The zero-order chi connectivity index (χ0) is 16.2. The van der Waals surface area contributed by atoms with Crippen molar-refractivity contribution in [1.82, 2.24) is 9.47 Å². The fourth-order valence-corrected chi connectivity index (χ4v) is 3.06. The first-order chi connectivity index (χ1) is 10.3. The third-order valence-corrected chi connectivity index (χ3v) is 4.29. The summed E-state index contributed by atoms with van der Waals surface area (Å²) in [5.41, 5.74) is -1.26. The summed E-state index contributed by atoms with van der Waals surface area (Å²) in [6, 6.07) is -0.140. The number of aldehydes is 1. The molecule has 1 aromatic heterocycles. The van der Waals surface area contributed by atoms with Gasteiger partial charge in [0.15, 0.2) is 24.0 Å². The number of amides is 1. The second-order valence-electron chi connectivity index (χ2n) is 6.76. The molecule has 0 saturated carbocycles. The summed E-state index contributed by atoms with van der Waals surface area (Å²) in [6.45, 7) is 6.71. The van der Waals surface area contributed by atoms with Crippen molar-refractivity contribution in [3.8, 4) is 5.75 Å². The molecule has 2 unspecified atom stereocenters. The van der Waals surface area contributed by atoms with Crippen molar-refractivity contribution in [2.45, 2.75) is 39.6 Å². The largest absolute Gasteiger partial charge is 0.503 e. The van der Waals surface area contributed by atoms with Crippen molar-refractivity contribution in [3.63, 3.8) is 0 Å². The van der Waals surface area contributed by atoms with Gasteiger partial charge in [-0.3, -0.25) is 14.4 Å². The first kappa shape index (κ1) is 14.8. The van der Waals surface area contributed by atoms with Crippen molar-refractivity contribution in [2.75, 3.05) is 6.61 Å². The van der Waals surface area contributed by atoms with Crippen LogP contribution >= 0.6 is 0 Å². The van der Waals surface area contributed by atoms with Crippen LogP contribution in [0.25, 0.3) is 0 Å². The van der Waals surface area contributed by atoms with Crippen LogP contribution in [0.5, 0.6) is 5.75 Å². The van der Waals surface area contributed by atoms with Crippen LogP contribution in [0, 0.1) is 5.41 Å². The normalized spacial score (nSPS) is 24.1. The second kappa shape index (κ2) is 4.67. The smallest absolute Gasteiger partial charge is 0.276 e. The predicted octanol–water partition coefficient (Wildman–Crippen LogP) is 0.593. The lowest BCUT2D eigenvalue weighted by Gasteiger charge is -2.39. The number of carbonyl (C=O) groups is 2. The Bertz CT molecular complexity index is 716. The molecule has 0 spiro atoms. The Morgan fingerprint density at radius 3 is 2.64 bits per heavy atom. The molecule has 2 aliphatic rings. The maximum atomic E-state index is 12.8. The zero-order valence-electron chi connectivity index (χ0n) is 12.7. The summed E-state index contributed by atoms with van der Waals surface area (Å²) in [6.07, 6.45) is 1.22. The lowest BCUT2D eigenvalue weighted by molar-refractivity contribution is 0.00151. The molecule has 2 aliphatic heterocycles. The van der Waals surface area contributed by atoms with Crippen molar-refractivity contribution in [1.29, 1.82) is 0 Å². The van der Waals surface area contributed by atoms with Crippen LogP contribution in [0.2, 0.25) is 0 Å². The van der Waals surface area contributed by atoms with E-state index in [9.17, 15) is 19.5 Å². The van der Waals surface area contributed by atoms with Crippen molar-refractivity contribution >= 4 is 12.2 Å². The van der Waals surface area contributed by atoms with Crippen LogP contribution in [0.3, 0.4) is 0 Å². The molecule has 1 aromatic rings. The number of rotatable bonds is 1. The molecule has 0 bridgehead atoms. The number of carbonyl (C=O) groups excluding carboxylic acids is 2. The van der Waals surface area contributed by atoms with E-state index < -0.39 is 23.3 Å². The van der Waals surface area contributed by atoms with Gasteiger partial charge in [0.05, 0.1) is 24.8 Å². The van der Waals surface area contributed by atoms with E-state index in [1.807, 2.05) is 20.8 Å². The lowest BCUT2D eigenvalue weighted by Crippen LogP contribution is -2.53. The van der Waals surface area contributed by atoms with Crippen LogP contribution in [-0.4, -0.2) is 45.6 Å². The van der Waals surface area contributed by atoms with Crippen LogP contribution in [0.4, 0.5) is 0 Å². The summed E-state index contributed by atoms with van der Waals surface area (Å²) in [7, 11) is 0. The molecule has 3 heterocycles. The van der Waals surface area contributed by atoms with Gasteiger partial charge in [0.2, 0.25) is 5.43 Å². The Hall–Kier alpha value is -2.15. The standard InChI is InChI=1S/C15H18N2O5/c1-15(2,3)9-7-22-10-5-16-4-8(6-18)12(19)13(20)11(16)14(21)17(9)10/h4,6,9-10,20H,5,7H2,1-3H3. The van der Waals surface area contributed by atoms with Gasteiger partial charge in [-0.15, -0.1) is 0 Å². The van der Waals surface area contributed by atoms with Crippen LogP contribution < -0.4 is 5.43 Å². The molecular weight excluding hydrogens is 288 g/mol. The minimum absolute atomic E-state index is 0.0772. The number of pyridine rings is 1. The van der Waals surface area contributed by atoms with Crippen molar-refractivity contribution < 1.29 is 19.4 Å². The molecule has 0 aromatic carbocycles.